The van der Waals surface area contributed by atoms with Crippen molar-refractivity contribution in [2.45, 2.75) is 25.2 Å². The maximum atomic E-state index is 4.98. The average Bonchev–Trinajstić information content (AvgIpc) is 3.18. The molecule has 0 bridgehead atoms. The molecule has 0 aliphatic heterocycles. The topological polar surface area (TPSA) is 64.5 Å². The summed E-state index contributed by atoms with van der Waals surface area (Å²) in [5.41, 5.74) is 12.1. The fourth-order valence-electron chi connectivity index (χ4n) is 7.26. The molecule has 3 heterocycles. The molecule has 9 rings (SSSR count). The number of hydrogen-bond acceptors (Lipinski definition) is 5. The summed E-state index contributed by atoms with van der Waals surface area (Å²) in [6.45, 7) is 0. The van der Waals surface area contributed by atoms with Crippen LogP contribution in [0.2, 0.25) is 0 Å². The largest absolute Gasteiger partial charge is 0.265 e. The number of nitrogens with zero attached hydrogens (tertiary/aromatic N) is 5. The zero-order valence-corrected chi connectivity index (χ0v) is 26.3. The Kier molecular flexibility index (Phi) is 7.01. The molecule has 0 saturated heterocycles. The van der Waals surface area contributed by atoms with Gasteiger partial charge in [-0.25, -0.2) is 15.0 Å². The first-order valence-electron chi connectivity index (χ1n) is 16.5. The Bertz CT molecular complexity index is 2300. The smallest absolute Gasteiger partial charge is 0.164 e. The number of rotatable bonds is 5. The van der Waals surface area contributed by atoms with Gasteiger partial charge < -0.3 is 0 Å². The predicted octanol–water partition coefficient (Wildman–Crippen LogP) is 9.80. The van der Waals surface area contributed by atoms with E-state index in [1.807, 2.05) is 30.3 Å². The highest BCUT2D eigenvalue weighted by molar-refractivity contribution is 6.00. The molecule has 1 unspecified atom stereocenters. The van der Waals surface area contributed by atoms with Crippen molar-refractivity contribution in [1.29, 1.82) is 0 Å². The van der Waals surface area contributed by atoms with Crippen molar-refractivity contribution in [3.63, 3.8) is 0 Å². The summed E-state index contributed by atoms with van der Waals surface area (Å²) < 4.78 is 0. The number of hydrogen-bond donors (Lipinski definition) is 0. The van der Waals surface area contributed by atoms with Crippen LogP contribution in [0.25, 0.3) is 68.2 Å². The van der Waals surface area contributed by atoms with Gasteiger partial charge in [0.15, 0.2) is 17.5 Å². The molecule has 2 aliphatic rings. The Morgan fingerprint density at radius 1 is 0.500 bits per heavy atom. The van der Waals surface area contributed by atoms with E-state index in [1.54, 1.807) is 24.8 Å². The molecule has 1 atom stereocenters. The number of allylic oxidation sites excluding steroid dienone is 2. The highest BCUT2D eigenvalue weighted by atomic mass is 15.0. The summed E-state index contributed by atoms with van der Waals surface area (Å²) in [6.07, 6.45) is 19.7. The van der Waals surface area contributed by atoms with Crippen molar-refractivity contribution in [3.8, 4) is 45.3 Å². The molecule has 3 aromatic heterocycles. The van der Waals surface area contributed by atoms with Gasteiger partial charge >= 0.3 is 0 Å². The minimum atomic E-state index is 0.326. The zero-order chi connectivity index (χ0) is 31.9. The Balaban J connectivity index is 1.08. The van der Waals surface area contributed by atoms with Crippen LogP contribution in [0.3, 0.4) is 0 Å². The first-order valence-corrected chi connectivity index (χ1v) is 16.5. The third-order valence-electron chi connectivity index (χ3n) is 9.62. The molecule has 0 N–H and O–H groups in total. The van der Waals surface area contributed by atoms with Gasteiger partial charge in [0.1, 0.15) is 0 Å². The Morgan fingerprint density at radius 3 is 1.75 bits per heavy atom. The SMILES string of the molecule is C1=Cc2c(c3c(c4ccccc24)C=CC(c2ccc(-c4ccccc4-c4nc(-c5ccncc5)nc(-c5ccncc5)n4)cc2)C3)CC1. The molecule has 48 heavy (non-hydrogen) atoms. The standard InChI is InChI=1S/C43H31N5/c1-6-12-39(43-47-41(30-19-23-44-24-20-30)46-42(48-43)31-21-25-45-26-22-31)33(7-1)29-15-13-28(14-16-29)32-17-18-38-36-10-3-2-8-34(36)35-9-4-5-11-37(35)40(38)27-32/h1-4,6-10,12-26,32H,5,11,27H2. The van der Waals surface area contributed by atoms with Crippen LogP contribution < -0.4 is 0 Å². The number of benzene rings is 4. The van der Waals surface area contributed by atoms with E-state index in [4.69, 9.17) is 15.0 Å². The van der Waals surface area contributed by atoms with Crippen LogP contribution in [0.15, 0.2) is 134 Å². The van der Waals surface area contributed by atoms with E-state index >= 15 is 0 Å². The van der Waals surface area contributed by atoms with Crippen LogP contribution in [0.1, 0.15) is 40.2 Å². The number of aromatic nitrogens is 5. The van der Waals surface area contributed by atoms with Gasteiger partial charge in [0.25, 0.3) is 0 Å². The second-order valence-corrected chi connectivity index (χ2v) is 12.4. The van der Waals surface area contributed by atoms with E-state index in [1.165, 1.54) is 38.6 Å². The van der Waals surface area contributed by atoms with E-state index < -0.39 is 0 Å². The van der Waals surface area contributed by atoms with Crippen LogP contribution >= 0.6 is 0 Å². The average molecular weight is 618 g/mol. The minimum absolute atomic E-state index is 0.326. The maximum Gasteiger partial charge on any atom is 0.164 e. The molecule has 5 heteroatoms. The molecule has 2 aliphatic carbocycles. The van der Waals surface area contributed by atoms with E-state index in [0.29, 0.717) is 23.4 Å². The second kappa shape index (κ2) is 11.9. The molecule has 4 aromatic carbocycles. The summed E-state index contributed by atoms with van der Waals surface area (Å²) in [7, 11) is 0. The number of fused-ring (bicyclic) bond motifs is 6. The van der Waals surface area contributed by atoms with Gasteiger partial charge in [-0.15, -0.1) is 0 Å². The summed E-state index contributed by atoms with van der Waals surface area (Å²) in [5, 5.41) is 2.73. The van der Waals surface area contributed by atoms with Crippen molar-refractivity contribution >= 4 is 22.9 Å². The van der Waals surface area contributed by atoms with Gasteiger partial charge in [-0.3, -0.25) is 9.97 Å². The summed E-state index contributed by atoms with van der Waals surface area (Å²) in [4.78, 5) is 23.2. The number of pyridine rings is 2. The molecule has 0 saturated carbocycles. The maximum absolute atomic E-state index is 4.98. The van der Waals surface area contributed by atoms with Crippen molar-refractivity contribution in [3.05, 3.63) is 162 Å². The van der Waals surface area contributed by atoms with Gasteiger partial charge in [-0.05, 0) is 93.2 Å². The van der Waals surface area contributed by atoms with Crippen LogP contribution in [-0.2, 0) is 12.8 Å². The summed E-state index contributed by atoms with van der Waals surface area (Å²) >= 11 is 0. The first kappa shape index (κ1) is 28.2. The Morgan fingerprint density at radius 2 is 1.08 bits per heavy atom. The van der Waals surface area contributed by atoms with Gasteiger partial charge in [0.05, 0.1) is 0 Å². The summed E-state index contributed by atoms with van der Waals surface area (Å²) in [5.74, 6) is 2.16. The van der Waals surface area contributed by atoms with Crippen LogP contribution in [0.5, 0.6) is 0 Å². The van der Waals surface area contributed by atoms with Crippen molar-refractivity contribution < 1.29 is 0 Å². The van der Waals surface area contributed by atoms with Gasteiger partial charge in [-0.1, -0.05) is 97.1 Å². The van der Waals surface area contributed by atoms with E-state index in [0.717, 1.165) is 47.1 Å². The quantitative estimate of drug-likeness (QED) is 0.192. The molecule has 5 nitrogen and oxygen atoms in total. The predicted molar refractivity (Wildman–Crippen MR) is 194 cm³/mol. The molecule has 228 valence electrons. The van der Waals surface area contributed by atoms with Crippen molar-refractivity contribution in [2.24, 2.45) is 0 Å². The van der Waals surface area contributed by atoms with Gasteiger partial charge in [0, 0.05) is 47.4 Å². The van der Waals surface area contributed by atoms with Crippen molar-refractivity contribution in [1.82, 2.24) is 24.9 Å². The molecular formula is C43H31N5. The minimum Gasteiger partial charge on any atom is -0.265 e. The second-order valence-electron chi connectivity index (χ2n) is 12.4. The fourth-order valence-corrected chi connectivity index (χ4v) is 7.26. The first-order chi connectivity index (χ1) is 23.8. The normalized spacial score (nSPS) is 14.9. The van der Waals surface area contributed by atoms with Crippen LogP contribution in [0.4, 0.5) is 0 Å². The Labute approximate surface area is 279 Å². The van der Waals surface area contributed by atoms with Gasteiger partial charge in [0.2, 0.25) is 0 Å². The lowest BCUT2D eigenvalue weighted by Gasteiger charge is -2.27. The lowest BCUT2D eigenvalue weighted by Crippen LogP contribution is -2.12. The lowest BCUT2D eigenvalue weighted by molar-refractivity contribution is 0.808. The van der Waals surface area contributed by atoms with E-state index in [-0.39, 0.29) is 0 Å². The molecule has 0 spiro atoms. The highest BCUT2D eigenvalue weighted by Crippen LogP contribution is 2.41. The zero-order valence-electron chi connectivity index (χ0n) is 26.3. The molecule has 0 radical (unpaired) electrons. The Hall–Kier alpha value is -6.07. The molecule has 0 fully saturated rings. The highest BCUT2D eigenvalue weighted by Gasteiger charge is 2.24. The summed E-state index contributed by atoms with van der Waals surface area (Å²) in [6, 6.07) is 34.0. The molecule has 0 amide bonds. The fraction of sp³-hybridized carbons (Fsp3) is 0.0930. The van der Waals surface area contributed by atoms with Crippen molar-refractivity contribution in [2.75, 3.05) is 0 Å². The van der Waals surface area contributed by atoms with E-state index in [9.17, 15) is 0 Å². The van der Waals surface area contributed by atoms with Crippen LogP contribution in [0, 0.1) is 0 Å². The van der Waals surface area contributed by atoms with Crippen LogP contribution in [-0.4, -0.2) is 24.9 Å². The third-order valence-corrected chi connectivity index (χ3v) is 9.62. The van der Waals surface area contributed by atoms with Gasteiger partial charge in [-0.2, -0.15) is 0 Å². The lowest BCUT2D eigenvalue weighted by atomic mass is 9.77. The monoisotopic (exact) mass is 617 g/mol. The molecule has 7 aromatic rings. The molecular weight excluding hydrogens is 587 g/mol. The van der Waals surface area contributed by atoms with E-state index in [2.05, 4.69) is 101 Å². The third kappa shape index (κ3) is 5.01.